The Kier molecular flexibility index (Phi) is 9.56. The molecule has 2 aromatic rings. The Morgan fingerprint density at radius 3 is 2.87 bits per heavy atom. The van der Waals surface area contributed by atoms with Gasteiger partial charge in [-0.25, -0.2) is 4.99 Å². The van der Waals surface area contributed by atoms with Gasteiger partial charge in [0, 0.05) is 50.3 Å². The van der Waals surface area contributed by atoms with Gasteiger partial charge in [-0.15, -0.1) is 24.0 Å². The van der Waals surface area contributed by atoms with E-state index in [1.165, 1.54) is 5.56 Å². The van der Waals surface area contributed by atoms with Gasteiger partial charge in [-0.1, -0.05) is 0 Å². The summed E-state index contributed by atoms with van der Waals surface area (Å²) < 4.78 is 15.0. The van der Waals surface area contributed by atoms with Crippen molar-refractivity contribution < 1.29 is 9.47 Å². The van der Waals surface area contributed by atoms with Crippen molar-refractivity contribution in [1.29, 1.82) is 0 Å². The zero-order chi connectivity index (χ0) is 20.8. The summed E-state index contributed by atoms with van der Waals surface area (Å²) in [5.74, 6) is 0.910. The van der Waals surface area contributed by atoms with Crippen LogP contribution in [0.1, 0.15) is 35.5 Å². The predicted molar refractivity (Wildman–Crippen MR) is 127 cm³/mol. The Morgan fingerprint density at radius 1 is 1.40 bits per heavy atom. The van der Waals surface area contributed by atoms with E-state index in [0.717, 1.165) is 49.1 Å². The molecule has 0 aliphatic carbocycles. The smallest absolute Gasteiger partial charge is 0.194 e. The van der Waals surface area contributed by atoms with Crippen LogP contribution in [0.15, 0.2) is 17.4 Å². The molecule has 1 unspecified atom stereocenters. The number of hydrogen-bond donors (Lipinski definition) is 1. The summed E-state index contributed by atoms with van der Waals surface area (Å²) in [7, 11) is 3.63. The summed E-state index contributed by atoms with van der Waals surface area (Å²) in [6, 6.07) is 0. The van der Waals surface area contributed by atoms with Crippen LogP contribution in [-0.4, -0.2) is 70.4 Å². The van der Waals surface area contributed by atoms with Crippen molar-refractivity contribution in [1.82, 2.24) is 29.8 Å². The first-order chi connectivity index (χ1) is 14.0. The SMILES string of the molecule is CCNC(=NCc1c(C)nn(CCOC)c1C)N1CCOC(c2cnn(C)c2)C1.I. The fraction of sp³-hybridized carbons (Fsp3) is 0.650. The zero-order valence-electron chi connectivity index (χ0n) is 18.6. The van der Waals surface area contributed by atoms with E-state index in [1.54, 1.807) is 7.11 Å². The second-order valence-corrected chi connectivity index (χ2v) is 7.29. The van der Waals surface area contributed by atoms with E-state index >= 15 is 0 Å². The molecule has 0 radical (unpaired) electrons. The fourth-order valence-corrected chi connectivity index (χ4v) is 3.59. The van der Waals surface area contributed by atoms with Crippen molar-refractivity contribution in [3.63, 3.8) is 0 Å². The van der Waals surface area contributed by atoms with Gasteiger partial charge >= 0.3 is 0 Å². The molecule has 0 aromatic carbocycles. The van der Waals surface area contributed by atoms with Crippen LogP contribution in [0.5, 0.6) is 0 Å². The third kappa shape index (κ3) is 5.94. The van der Waals surface area contributed by atoms with Crippen LogP contribution in [0.2, 0.25) is 0 Å². The minimum atomic E-state index is 0. The maximum absolute atomic E-state index is 5.97. The highest BCUT2D eigenvalue weighted by molar-refractivity contribution is 14.0. The number of hydrogen-bond acceptors (Lipinski definition) is 5. The van der Waals surface area contributed by atoms with Crippen molar-refractivity contribution in [2.75, 3.05) is 40.0 Å². The number of rotatable bonds is 7. The van der Waals surface area contributed by atoms with Crippen LogP contribution in [0, 0.1) is 13.8 Å². The number of nitrogens with zero attached hydrogens (tertiary/aromatic N) is 6. The van der Waals surface area contributed by atoms with Gasteiger partial charge < -0.3 is 19.7 Å². The normalized spacial score (nSPS) is 17.2. The molecule has 0 saturated carbocycles. The summed E-state index contributed by atoms with van der Waals surface area (Å²) in [6.45, 7) is 11.3. The topological polar surface area (TPSA) is 81.7 Å². The van der Waals surface area contributed by atoms with Crippen LogP contribution in [0.4, 0.5) is 0 Å². The number of aryl methyl sites for hydroxylation is 2. The zero-order valence-corrected chi connectivity index (χ0v) is 20.9. The largest absolute Gasteiger partial charge is 0.383 e. The number of nitrogens with one attached hydrogen (secondary N) is 1. The Bertz CT molecular complexity index is 833. The number of guanidine groups is 1. The molecule has 1 aliphatic rings. The Balaban J connectivity index is 0.00000320. The molecule has 9 nitrogen and oxygen atoms in total. The van der Waals surface area contributed by atoms with Gasteiger partial charge in [0.2, 0.25) is 0 Å². The average Bonchev–Trinajstić information content (AvgIpc) is 3.27. The quantitative estimate of drug-likeness (QED) is 0.335. The number of methoxy groups -OCH3 is 1. The number of ether oxygens (including phenoxy) is 2. The van der Waals surface area contributed by atoms with Crippen LogP contribution < -0.4 is 5.32 Å². The Labute approximate surface area is 195 Å². The van der Waals surface area contributed by atoms with Gasteiger partial charge in [-0.3, -0.25) is 9.36 Å². The minimum Gasteiger partial charge on any atom is -0.383 e. The lowest BCUT2D eigenvalue weighted by molar-refractivity contribution is -0.00805. The minimum absolute atomic E-state index is 0. The molecular weight excluding hydrogens is 497 g/mol. The highest BCUT2D eigenvalue weighted by Crippen LogP contribution is 2.22. The van der Waals surface area contributed by atoms with Gasteiger partial charge in [0.1, 0.15) is 6.10 Å². The molecule has 1 aliphatic heterocycles. The lowest BCUT2D eigenvalue weighted by Gasteiger charge is -2.34. The summed E-state index contributed by atoms with van der Waals surface area (Å²) in [5.41, 5.74) is 4.44. The molecule has 2 aromatic heterocycles. The predicted octanol–water partition coefficient (Wildman–Crippen LogP) is 2.04. The first kappa shape index (κ1) is 24.6. The van der Waals surface area contributed by atoms with Crippen LogP contribution in [0.25, 0.3) is 0 Å². The van der Waals surface area contributed by atoms with Crippen molar-refractivity contribution in [2.24, 2.45) is 12.0 Å². The lowest BCUT2D eigenvalue weighted by atomic mass is 10.1. The van der Waals surface area contributed by atoms with Gasteiger partial charge in [-0.2, -0.15) is 10.2 Å². The van der Waals surface area contributed by atoms with E-state index in [9.17, 15) is 0 Å². The second-order valence-electron chi connectivity index (χ2n) is 7.29. The van der Waals surface area contributed by atoms with Gasteiger partial charge in [0.15, 0.2) is 5.96 Å². The molecule has 3 rings (SSSR count). The molecule has 1 atom stereocenters. The summed E-state index contributed by atoms with van der Waals surface area (Å²) in [4.78, 5) is 7.20. The van der Waals surface area contributed by atoms with Crippen LogP contribution in [0.3, 0.4) is 0 Å². The van der Waals surface area contributed by atoms with Crippen LogP contribution in [-0.2, 0) is 29.6 Å². The number of aromatic nitrogens is 4. The van der Waals surface area contributed by atoms with Crippen LogP contribution >= 0.6 is 24.0 Å². The van der Waals surface area contributed by atoms with E-state index in [4.69, 9.17) is 14.5 Å². The molecular formula is C20H34IN7O2. The maximum Gasteiger partial charge on any atom is 0.194 e. The first-order valence-corrected chi connectivity index (χ1v) is 10.2. The molecule has 168 valence electrons. The van der Waals surface area contributed by atoms with Crippen molar-refractivity contribution in [2.45, 2.75) is 40.0 Å². The molecule has 10 heteroatoms. The number of aliphatic imine (C=N–C) groups is 1. The standard InChI is InChI=1S/C20H33N7O2.HI/c1-6-21-20(22-12-18-15(2)24-27(16(18)3)8-9-28-5)26-7-10-29-19(14-26)17-11-23-25(4)13-17;/h11,13,19H,6-10,12,14H2,1-5H3,(H,21,22);1H. The molecule has 0 bridgehead atoms. The van der Waals surface area contributed by atoms with E-state index < -0.39 is 0 Å². The van der Waals surface area contributed by atoms with Crippen molar-refractivity contribution >= 4 is 29.9 Å². The van der Waals surface area contributed by atoms with Crippen molar-refractivity contribution in [3.8, 4) is 0 Å². The summed E-state index contributed by atoms with van der Waals surface area (Å²) in [5, 5.41) is 12.3. The van der Waals surface area contributed by atoms with Gasteiger partial charge in [-0.05, 0) is 20.8 Å². The number of halogens is 1. The van der Waals surface area contributed by atoms with E-state index in [2.05, 4.69) is 34.3 Å². The Morgan fingerprint density at radius 2 is 2.20 bits per heavy atom. The molecule has 0 amide bonds. The summed E-state index contributed by atoms with van der Waals surface area (Å²) in [6.07, 6.45) is 3.89. The lowest BCUT2D eigenvalue weighted by Crippen LogP contribution is -2.48. The molecule has 1 saturated heterocycles. The average molecular weight is 531 g/mol. The second kappa shape index (κ2) is 11.7. The van der Waals surface area contributed by atoms with Crippen molar-refractivity contribution in [3.05, 3.63) is 34.9 Å². The number of morpholine rings is 1. The molecule has 1 fully saturated rings. The third-order valence-electron chi connectivity index (χ3n) is 5.22. The molecule has 1 N–H and O–H groups in total. The molecule has 30 heavy (non-hydrogen) atoms. The van der Waals surface area contributed by atoms with E-state index in [-0.39, 0.29) is 30.1 Å². The Hall–Kier alpha value is -1.66. The highest BCUT2D eigenvalue weighted by Gasteiger charge is 2.25. The van der Waals surface area contributed by atoms with E-state index in [0.29, 0.717) is 19.8 Å². The maximum atomic E-state index is 5.97. The van der Waals surface area contributed by atoms with E-state index in [1.807, 2.05) is 35.7 Å². The highest BCUT2D eigenvalue weighted by atomic mass is 127. The summed E-state index contributed by atoms with van der Waals surface area (Å²) >= 11 is 0. The third-order valence-corrected chi connectivity index (χ3v) is 5.22. The molecule has 3 heterocycles. The fourth-order valence-electron chi connectivity index (χ4n) is 3.59. The molecule has 0 spiro atoms. The monoisotopic (exact) mass is 531 g/mol. The first-order valence-electron chi connectivity index (χ1n) is 10.2. The van der Waals surface area contributed by atoms with Gasteiger partial charge in [0.25, 0.3) is 0 Å². The van der Waals surface area contributed by atoms with Gasteiger partial charge in [0.05, 0.1) is 44.7 Å².